The first-order valence-corrected chi connectivity index (χ1v) is 52.1. The Labute approximate surface area is 865 Å². The SMILES string of the molecule is C.C.C.C.C.C.COC(=O)C=CC(=O)NCCCCCCN1CCCCCC1=O.COC(=O)C=CC(=O)OCCCCCCN1CCCCCC1=O.O=C(C=CC(=O)OCCCCCCN1CCCC1=O)OCCCCCCN1CCCCCC1=O.O=C(C=CC(=O)OCCCCCCN1CCCCCC1=O)OCCCCCCN1CCCCCC1=O.O=C(O)C=CC(=O)NCCCCCCN1CCCCCC1=O. The molecular formula is C110H193N9O25. The molecule has 0 aromatic carbocycles. The maximum atomic E-state index is 12.0. The minimum Gasteiger partial charge on any atom is -0.478 e. The van der Waals surface area contributed by atoms with E-state index >= 15 is 0 Å². The summed E-state index contributed by atoms with van der Waals surface area (Å²) in [5.41, 5.74) is 0. The molecule has 0 aromatic heterocycles. The fourth-order valence-electron chi connectivity index (χ4n) is 16.4. The summed E-state index contributed by atoms with van der Waals surface area (Å²) in [5.74, 6) is -3.62. The first kappa shape index (κ1) is 140. The minimum atomic E-state index is -1.13. The smallest absolute Gasteiger partial charge is 0.331 e. The summed E-state index contributed by atoms with van der Waals surface area (Å²) in [5, 5.41) is 13.7. The lowest BCUT2D eigenvalue weighted by Gasteiger charge is -2.20. The van der Waals surface area contributed by atoms with Gasteiger partial charge in [-0.05, 0) is 205 Å². The van der Waals surface area contributed by atoms with Gasteiger partial charge in [-0.25, -0.2) is 38.4 Å². The van der Waals surface area contributed by atoms with Crippen LogP contribution in [0.15, 0.2) is 60.8 Å². The number of carbonyl (C=O) groups excluding carboxylic acids is 16. The van der Waals surface area contributed by atoms with Crippen LogP contribution in [0, 0.1) is 0 Å². The van der Waals surface area contributed by atoms with Crippen LogP contribution in [-0.4, -0.2) is 292 Å². The molecule has 0 bridgehead atoms. The highest BCUT2D eigenvalue weighted by atomic mass is 16.6. The van der Waals surface area contributed by atoms with Crippen molar-refractivity contribution in [3.63, 3.8) is 0 Å². The van der Waals surface area contributed by atoms with Crippen LogP contribution < -0.4 is 10.6 Å². The third-order valence-electron chi connectivity index (χ3n) is 24.6. The molecule has 7 aliphatic heterocycles. The van der Waals surface area contributed by atoms with Crippen LogP contribution in [0.5, 0.6) is 0 Å². The number of aliphatic carboxylic acids is 1. The average molecular weight is 2040 g/mol. The Morgan fingerprint density at radius 2 is 0.396 bits per heavy atom. The van der Waals surface area contributed by atoms with Gasteiger partial charge in [-0.2, -0.15) is 0 Å². The number of carboxylic acid groups (broad SMARTS) is 1. The molecule has 3 N–H and O–H groups in total. The van der Waals surface area contributed by atoms with Crippen LogP contribution in [0.25, 0.3) is 0 Å². The van der Waals surface area contributed by atoms with Crippen LogP contribution in [0.4, 0.5) is 0 Å². The van der Waals surface area contributed by atoms with Gasteiger partial charge in [-0.1, -0.05) is 141 Å². The molecule has 7 saturated heterocycles. The van der Waals surface area contributed by atoms with E-state index in [0.717, 1.165) is 448 Å². The molecular weight excluding hydrogens is 1850 g/mol. The lowest BCUT2D eigenvalue weighted by molar-refractivity contribution is -0.140. The first-order valence-electron chi connectivity index (χ1n) is 52.1. The fourth-order valence-corrected chi connectivity index (χ4v) is 16.4. The molecule has 0 unspecified atom stereocenters. The van der Waals surface area contributed by atoms with Crippen molar-refractivity contribution >= 4 is 101 Å². The lowest BCUT2D eigenvalue weighted by Crippen LogP contribution is -2.31. The molecule has 7 aliphatic rings. The summed E-state index contributed by atoms with van der Waals surface area (Å²) in [6, 6.07) is 0. The second-order valence-electron chi connectivity index (χ2n) is 36.0. The highest BCUT2D eigenvalue weighted by Crippen LogP contribution is 2.21. The van der Waals surface area contributed by atoms with Crippen molar-refractivity contribution in [3.8, 4) is 0 Å². The number of methoxy groups -OCH3 is 2. The Kier molecular flexibility index (Phi) is 92.3. The van der Waals surface area contributed by atoms with E-state index in [9.17, 15) is 81.5 Å². The maximum absolute atomic E-state index is 12.0. The second-order valence-corrected chi connectivity index (χ2v) is 36.0. The molecule has 144 heavy (non-hydrogen) atoms. The molecule has 7 heterocycles. The number of hydrogen-bond acceptors (Lipinski definition) is 24. The van der Waals surface area contributed by atoms with E-state index in [0.29, 0.717) is 97.0 Å². The van der Waals surface area contributed by atoms with Crippen molar-refractivity contribution in [2.75, 3.05) is 152 Å². The number of unbranched alkanes of at least 4 members (excludes halogenated alkanes) is 21. The molecule has 0 aromatic rings. The van der Waals surface area contributed by atoms with Gasteiger partial charge in [0.15, 0.2) is 0 Å². The summed E-state index contributed by atoms with van der Waals surface area (Å²) in [4.78, 5) is 209. The number of nitrogens with zero attached hydrogens (tertiary/aromatic N) is 7. The average Bonchev–Trinajstić information content (AvgIpc) is 1.83. The van der Waals surface area contributed by atoms with Gasteiger partial charge in [0.25, 0.3) is 0 Å². The van der Waals surface area contributed by atoms with Gasteiger partial charge in [0.05, 0.1) is 47.3 Å². The Balaban J connectivity index is -0.000000855. The number of carbonyl (C=O) groups is 17. The zero-order chi connectivity index (χ0) is 100. The summed E-state index contributed by atoms with van der Waals surface area (Å²) >= 11 is 0. The number of nitrogens with one attached hydrogen (secondary N) is 2. The van der Waals surface area contributed by atoms with Crippen molar-refractivity contribution in [2.45, 2.75) is 391 Å². The normalized spacial score (nSPS) is 15.7. The lowest BCUT2D eigenvalue weighted by atomic mass is 10.2. The van der Waals surface area contributed by atoms with Crippen molar-refractivity contribution in [1.29, 1.82) is 0 Å². The van der Waals surface area contributed by atoms with Gasteiger partial charge in [-0.15, -0.1) is 0 Å². The quantitative estimate of drug-likeness (QED) is 0.0220. The van der Waals surface area contributed by atoms with Crippen LogP contribution in [0.1, 0.15) is 391 Å². The van der Waals surface area contributed by atoms with Crippen molar-refractivity contribution < 1.29 is 120 Å². The predicted molar refractivity (Wildman–Crippen MR) is 564 cm³/mol. The monoisotopic (exact) mass is 2040 g/mol. The molecule has 34 nitrogen and oxygen atoms in total. The van der Waals surface area contributed by atoms with Crippen LogP contribution >= 0.6 is 0 Å². The van der Waals surface area contributed by atoms with Gasteiger partial charge in [0.1, 0.15) is 0 Å². The van der Waals surface area contributed by atoms with Gasteiger partial charge in [0, 0.05) is 210 Å². The molecule has 7 rings (SSSR count). The predicted octanol–water partition coefficient (Wildman–Crippen LogP) is 17.9. The summed E-state index contributed by atoms with van der Waals surface area (Å²) in [6.45, 7) is 14.8. The molecule has 7 fully saturated rings. The van der Waals surface area contributed by atoms with Crippen LogP contribution in [-0.2, 0) is 115 Å². The van der Waals surface area contributed by atoms with Crippen molar-refractivity contribution in [2.24, 2.45) is 0 Å². The Bertz CT molecular complexity index is 3560. The number of rotatable bonds is 59. The maximum Gasteiger partial charge on any atom is 0.331 e. The van der Waals surface area contributed by atoms with E-state index in [-0.39, 0.29) is 91.8 Å². The molecule has 828 valence electrons. The third-order valence-corrected chi connectivity index (χ3v) is 24.6. The first-order chi connectivity index (χ1) is 67.0. The molecule has 0 radical (unpaired) electrons. The zero-order valence-electron chi connectivity index (χ0n) is 83.7. The molecule has 0 saturated carbocycles. The number of likely N-dealkylation sites (tertiary alicyclic amines) is 7. The van der Waals surface area contributed by atoms with E-state index in [1.54, 1.807) is 0 Å². The van der Waals surface area contributed by atoms with E-state index < -0.39 is 47.8 Å². The van der Waals surface area contributed by atoms with E-state index in [1.165, 1.54) is 20.3 Å². The van der Waals surface area contributed by atoms with Crippen molar-refractivity contribution in [3.05, 3.63) is 60.8 Å². The standard InChI is InChI=1S/C28H46N2O6.C26H42N2O6.C17H28N2O4.C17H27NO5.C16H26N2O4.6CH4/c31-25-15-7-5-11-21-29(25)19-9-1-3-13-23-35-27(33)17-18-28(34)36-24-14-4-2-10-20-30-22-12-6-8-16-26(30)32;29-23-13-6-5-9-19-27(23)17-7-1-3-10-21-33-25(31)15-16-26(32)34-22-11-4-2-8-18-28-20-12-14-24(28)30;1-23-17(22)11-10-15(20)18-12-6-2-3-7-13-19-14-8-4-5-9-16(19)21;1-22-16(20)10-11-17(21)23-14-8-3-2-6-12-18-13-7-4-5-9-15(18)19;19-14(9-10-16(21)22)17-11-5-1-2-6-12-18-13-7-3-4-8-15(18)20;;;;;;/h17-18H,1-16,19-24H2;15-16H,1-14,17-22H2;10-11H,2-9,12-14H2,1H3,(H,18,20);10-11H,2-9,12-14H2,1H3;9-10H,1-8,11-13H2,(H,17,19)(H,21,22);6*1H4. The minimum absolute atomic E-state index is 0. The molecule has 34 heteroatoms. The van der Waals surface area contributed by atoms with E-state index in [1.807, 2.05) is 34.3 Å². The van der Waals surface area contributed by atoms with Gasteiger partial charge in [0.2, 0.25) is 53.2 Å². The summed E-state index contributed by atoms with van der Waals surface area (Å²) in [6.07, 6.45) is 62.4. The Morgan fingerprint density at radius 1 is 0.222 bits per heavy atom. The van der Waals surface area contributed by atoms with E-state index in [2.05, 4.69) is 20.1 Å². The third kappa shape index (κ3) is 77.2. The number of ether oxygens (including phenoxy) is 7. The van der Waals surface area contributed by atoms with Gasteiger partial charge in [-0.3, -0.25) is 43.2 Å². The van der Waals surface area contributed by atoms with Gasteiger partial charge < -0.3 is 83.2 Å². The zero-order valence-corrected chi connectivity index (χ0v) is 83.7. The highest BCUT2D eigenvalue weighted by molar-refractivity contribution is 5.96. The number of hydrogen-bond donors (Lipinski definition) is 3. The van der Waals surface area contributed by atoms with Crippen LogP contribution in [0.2, 0.25) is 0 Å². The topological polar surface area (TPSA) is 422 Å². The number of carboxylic acids is 1. The Morgan fingerprint density at radius 3 is 0.590 bits per heavy atom. The van der Waals surface area contributed by atoms with Gasteiger partial charge >= 0.3 is 47.8 Å². The molecule has 0 spiro atoms. The largest absolute Gasteiger partial charge is 0.478 e. The molecule has 0 atom stereocenters. The second kappa shape index (κ2) is 94.9. The Hall–Kier alpha value is -10.3. The summed E-state index contributed by atoms with van der Waals surface area (Å²) < 4.78 is 34.2. The fraction of sp³-hybridized carbons (Fsp3) is 0.755. The molecule has 9 amide bonds. The van der Waals surface area contributed by atoms with Crippen molar-refractivity contribution in [1.82, 2.24) is 44.9 Å². The van der Waals surface area contributed by atoms with Crippen LogP contribution in [0.3, 0.4) is 0 Å². The van der Waals surface area contributed by atoms with E-state index in [4.69, 9.17) is 28.8 Å². The molecule has 0 aliphatic carbocycles. The number of amides is 9. The number of esters is 7. The highest BCUT2D eigenvalue weighted by Gasteiger charge is 2.24. The summed E-state index contributed by atoms with van der Waals surface area (Å²) in [7, 11) is 2.51.